The first-order valence-electron chi connectivity index (χ1n) is 11.2. The second-order valence-electron chi connectivity index (χ2n) is 8.69. The molecule has 0 aromatic heterocycles. The lowest BCUT2D eigenvalue weighted by atomic mass is 9.96. The molecular formula is C22H32F3N5O. The number of nitrogens with zero attached hydrogens (tertiary/aromatic N) is 3. The average molecular weight is 440 g/mol. The fraction of sp³-hybridized carbons (Fsp3) is 0.682. The van der Waals surface area contributed by atoms with E-state index in [-0.39, 0.29) is 18.7 Å². The minimum Gasteiger partial charge on any atom is -0.373 e. The van der Waals surface area contributed by atoms with Gasteiger partial charge in [-0.25, -0.2) is 4.99 Å². The molecule has 9 heteroatoms. The Morgan fingerprint density at radius 2 is 1.97 bits per heavy atom. The van der Waals surface area contributed by atoms with Gasteiger partial charge in [0, 0.05) is 38.4 Å². The van der Waals surface area contributed by atoms with Crippen LogP contribution in [0.1, 0.15) is 37.3 Å². The third kappa shape index (κ3) is 5.26. The number of benzene rings is 1. The molecule has 1 aromatic rings. The van der Waals surface area contributed by atoms with E-state index in [4.69, 9.17) is 4.74 Å². The van der Waals surface area contributed by atoms with Gasteiger partial charge in [0.2, 0.25) is 0 Å². The maximum Gasteiger partial charge on any atom is 0.416 e. The summed E-state index contributed by atoms with van der Waals surface area (Å²) in [6.45, 7) is 6.20. The Hall–Kier alpha value is -2.00. The molecule has 1 aromatic carbocycles. The molecule has 31 heavy (non-hydrogen) atoms. The second-order valence-corrected chi connectivity index (χ2v) is 8.69. The van der Waals surface area contributed by atoms with Crippen molar-refractivity contribution in [1.82, 2.24) is 15.5 Å². The van der Waals surface area contributed by atoms with Gasteiger partial charge in [-0.1, -0.05) is 0 Å². The van der Waals surface area contributed by atoms with Gasteiger partial charge >= 0.3 is 6.18 Å². The van der Waals surface area contributed by atoms with Gasteiger partial charge in [-0.3, -0.25) is 0 Å². The van der Waals surface area contributed by atoms with Crippen molar-refractivity contribution in [2.24, 2.45) is 4.99 Å². The third-order valence-corrected chi connectivity index (χ3v) is 6.43. The van der Waals surface area contributed by atoms with Crippen LogP contribution in [0, 0.1) is 0 Å². The molecule has 3 aliphatic rings. The number of piperazine rings is 1. The Labute approximate surface area is 181 Å². The predicted molar refractivity (Wildman–Crippen MR) is 115 cm³/mol. The number of anilines is 1. The van der Waals surface area contributed by atoms with Crippen molar-refractivity contribution < 1.29 is 17.9 Å². The highest BCUT2D eigenvalue weighted by Gasteiger charge is 2.41. The van der Waals surface area contributed by atoms with Crippen LogP contribution in [0.15, 0.2) is 23.2 Å². The van der Waals surface area contributed by atoms with Gasteiger partial charge in [0.15, 0.2) is 5.96 Å². The highest BCUT2D eigenvalue weighted by Crippen LogP contribution is 2.35. The maximum atomic E-state index is 13.4. The Balaban J connectivity index is 1.54. The second kappa shape index (κ2) is 9.24. The van der Waals surface area contributed by atoms with Crippen molar-refractivity contribution in [3.63, 3.8) is 0 Å². The zero-order valence-electron chi connectivity index (χ0n) is 18.2. The van der Waals surface area contributed by atoms with Crippen LogP contribution in [0.25, 0.3) is 0 Å². The molecule has 6 nitrogen and oxygen atoms in total. The van der Waals surface area contributed by atoms with Gasteiger partial charge in [0.1, 0.15) is 0 Å². The van der Waals surface area contributed by atoms with E-state index in [9.17, 15) is 13.2 Å². The highest BCUT2D eigenvalue weighted by atomic mass is 19.4. The molecule has 2 N–H and O–H groups in total. The predicted octanol–water partition coefficient (Wildman–Crippen LogP) is 2.83. The monoisotopic (exact) mass is 439 g/mol. The van der Waals surface area contributed by atoms with Gasteiger partial charge in [-0.2, -0.15) is 13.2 Å². The molecule has 3 heterocycles. The molecule has 3 atom stereocenters. The number of hydrogen-bond donors (Lipinski definition) is 2. The Kier molecular flexibility index (Phi) is 6.62. The van der Waals surface area contributed by atoms with Crippen molar-refractivity contribution in [3.05, 3.63) is 29.3 Å². The number of nitrogens with one attached hydrogen (secondary N) is 2. The largest absolute Gasteiger partial charge is 0.416 e. The number of rotatable bonds is 5. The van der Waals surface area contributed by atoms with Crippen LogP contribution in [-0.2, 0) is 17.5 Å². The molecule has 3 saturated heterocycles. The summed E-state index contributed by atoms with van der Waals surface area (Å²) in [5.74, 6) is 0.630. The number of aliphatic imine (C=N–C) groups is 1. The molecule has 3 fully saturated rings. The summed E-state index contributed by atoms with van der Waals surface area (Å²) >= 11 is 0. The molecule has 0 spiro atoms. The SMILES string of the molecule is CCNC(=NCc1cc(C(F)(F)F)ccc1N1CCN(C)CC1)NC1CC2CCC1O2. The number of likely N-dealkylation sites (N-methyl/N-ethyl adjacent to an activating group) is 1. The highest BCUT2D eigenvalue weighted by molar-refractivity contribution is 5.80. The Morgan fingerprint density at radius 1 is 1.19 bits per heavy atom. The van der Waals surface area contributed by atoms with Crippen LogP contribution >= 0.6 is 0 Å². The quantitative estimate of drug-likeness (QED) is 0.546. The summed E-state index contributed by atoms with van der Waals surface area (Å²) in [6.07, 6.45) is -0.757. The summed E-state index contributed by atoms with van der Waals surface area (Å²) in [6, 6.07) is 4.23. The number of alkyl halides is 3. The first-order valence-corrected chi connectivity index (χ1v) is 11.2. The first kappa shape index (κ1) is 22.2. The van der Waals surface area contributed by atoms with Crippen LogP contribution in [0.5, 0.6) is 0 Å². The maximum absolute atomic E-state index is 13.4. The fourth-order valence-corrected chi connectivity index (χ4v) is 4.69. The zero-order valence-corrected chi connectivity index (χ0v) is 18.2. The molecule has 0 saturated carbocycles. The number of halogens is 3. The third-order valence-electron chi connectivity index (χ3n) is 6.43. The van der Waals surface area contributed by atoms with E-state index < -0.39 is 11.7 Å². The van der Waals surface area contributed by atoms with Crippen molar-refractivity contribution >= 4 is 11.6 Å². The molecule has 2 bridgehead atoms. The summed E-state index contributed by atoms with van der Waals surface area (Å²) < 4.78 is 46.0. The lowest BCUT2D eigenvalue weighted by molar-refractivity contribution is -0.137. The number of guanidine groups is 1. The number of hydrogen-bond acceptors (Lipinski definition) is 4. The first-order chi connectivity index (χ1) is 14.8. The lowest BCUT2D eigenvalue weighted by Crippen LogP contribution is -2.47. The Bertz CT molecular complexity index is 792. The van der Waals surface area contributed by atoms with E-state index in [1.54, 1.807) is 6.07 Å². The van der Waals surface area contributed by atoms with Gasteiger partial charge in [-0.05, 0) is 57.0 Å². The van der Waals surface area contributed by atoms with Crippen LogP contribution in [0.2, 0.25) is 0 Å². The average Bonchev–Trinajstić information content (AvgIpc) is 3.35. The van der Waals surface area contributed by atoms with E-state index in [2.05, 4.69) is 32.5 Å². The topological polar surface area (TPSA) is 52.1 Å². The Morgan fingerprint density at radius 3 is 2.58 bits per heavy atom. The van der Waals surface area contributed by atoms with Crippen molar-refractivity contribution in [1.29, 1.82) is 0 Å². The van der Waals surface area contributed by atoms with Gasteiger partial charge in [0.25, 0.3) is 0 Å². The van der Waals surface area contributed by atoms with E-state index in [0.29, 0.717) is 24.2 Å². The van der Waals surface area contributed by atoms with Crippen LogP contribution < -0.4 is 15.5 Å². The standard InChI is InChI=1S/C22H32F3N5O/c1-3-26-21(28-18-13-17-5-7-20(18)31-17)27-14-15-12-16(22(23,24)25)4-6-19(15)30-10-8-29(2)9-11-30/h4,6,12,17-18,20H,3,5,7-11,13-14H2,1-2H3,(H2,26,27,28). The number of ether oxygens (including phenoxy) is 1. The van der Waals surface area contributed by atoms with Crippen molar-refractivity contribution in [2.45, 2.75) is 57.2 Å². The van der Waals surface area contributed by atoms with Crippen molar-refractivity contribution in [3.8, 4) is 0 Å². The van der Waals surface area contributed by atoms with E-state index in [0.717, 1.165) is 51.1 Å². The molecule has 3 aliphatic heterocycles. The van der Waals surface area contributed by atoms with Crippen LogP contribution in [0.4, 0.5) is 18.9 Å². The number of fused-ring (bicyclic) bond motifs is 2. The molecular weight excluding hydrogens is 407 g/mol. The molecule has 0 radical (unpaired) electrons. The lowest BCUT2D eigenvalue weighted by Gasteiger charge is -2.35. The fourth-order valence-electron chi connectivity index (χ4n) is 4.69. The molecule has 172 valence electrons. The molecule has 0 aliphatic carbocycles. The molecule has 3 unspecified atom stereocenters. The van der Waals surface area contributed by atoms with E-state index in [1.807, 2.05) is 6.92 Å². The normalized spacial score (nSPS) is 27.1. The minimum atomic E-state index is -4.37. The zero-order chi connectivity index (χ0) is 22.0. The smallest absolute Gasteiger partial charge is 0.373 e. The van der Waals surface area contributed by atoms with Gasteiger partial charge in [-0.15, -0.1) is 0 Å². The van der Waals surface area contributed by atoms with Gasteiger partial charge < -0.3 is 25.2 Å². The molecule has 4 rings (SSSR count). The summed E-state index contributed by atoms with van der Waals surface area (Å²) in [5.41, 5.74) is 0.805. The van der Waals surface area contributed by atoms with Crippen LogP contribution in [0.3, 0.4) is 0 Å². The minimum absolute atomic E-state index is 0.183. The van der Waals surface area contributed by atoms with Gasteiger partial charge in [0.05, 0.1) is 30.4 Å². The van der Waals surface area contributed by atoms with E-state index in [1.165, 1.54) is 12.1 Å². The van der Waals surface area contributed by atoms with E-state index >= 15 is 0 Å². The summed E-state index contributed by atoms with van der Waals surface area (Å²) in [4.78, 5) is 9.05. The van der Waals surface area contributed by atoms with Crippen LogP contribution in [-0.4, -0.2) is 68.9 Å². The summed E-state index contributed by atoms with van der Waals surface area (Å²) in [7, 11) is 2.06. The molecule has 0 amide bonds. The summed E-state index contributed by atoms with van der Waals surface area (Å²) in [5, 5.41) is 6.67. The van der Waals surface area contributed by atoms with Crippen molar-refractivity contribution in [2.75, 3.05) is 44.7 Å².